The second-order valence-corrected chi connectivity index (χ2v) is 5.55. The Balaban J connectivity index is 0.00000172. The maximum atomic E-state index is 12.5. The van der Waals surface area contributed by atoms with Gasteiger partial charge in [0, 0.05) is 6.54 Å². The van der Waals surface area contributed by atoms with Crippen LogP contribution in [0.1, 0.15) is 12.0 Å². The standard InChI is InChI=1S/C11H13F3NO2S.ClH.Zn/c1-2-8-15(18(16,17)11(12,13)14)9-10-6-4-3-5-7-10;;/h3-7H,1-2,8-9H2;1H;/q-1;;+2/p-1. The summed E-state index contributed by atoms with van der Waals surface area (Å²) >= 11 is 0.847. The van der Waals surface area contributed by atoms with E-state index in [4.69, 9.17) is 9.69 Å². The van der Waals surface area contributed by atoms with Crippen LogP contribution in [0.4, 0.5) is 13.2 Å². The molecule has 1 rings (SSSR count). The van der Waals surface area contributed by atoms with Gasteiger partial charge in [0.25, 0.3) is 0 Å². The van der Waals surface area contributed by atoms with E-state index in [-0.39, 0.29) is 19.5 Å². The molecule has 0 aliphatic carbocycles. The number of alkyl halides is 3. The van der Waals surface area contributed by atoms with E-state index >= 15 is 0 Å². The SMILES string of the molecule is [CH2-]CCN(Cc1ccccc1)S(=O)(=O)C(F)(F)F.[Cl][Zn+]. The monoisotopic (exact) mass is 379 g/mol. The zero-order chi connectivity index (χ0) is 15.8. The molecule has 3 nitrogen and oxygen atoms in total. The summed E-state index contributed by atoms with van der Waals surface area (Å²) in [5.41, 5.74) is -4.78. The van der Waals surface area contributed by atoms with Crippen molar-refractivity contribution in [2.75, 3.05) is 6.54 Å². The van der Waals surface area contributed by atoms with Crippen LogP contribution in [0.3, 0.4) is 0 Å². The van der Waals surface area contributed by atoms with Gasteiger partial charge in [0.15, 0.2) is 0 Å². The minimum atomic E-state index is -5.31. The number of rotatable bonds is 5. The summed E-state index contributed by atoms with van der Waals surface area (Å²) in [5.74, 6) is 0. The van der Waals surface area contributed by atoms with Crippen LogP contribution in [0.15, 0.2) is 30.3 Å². The molecule has 0 fully saturated rings. The molecule has 0 aromatic heterocycles. The number of hydrogen-bond acceptors (Lipinski definition) is 2. The van der Waals surface area contributed by atoms with E-state index in [0.717, 1.165) is 17.3 Å². The summed E-state index contributed by atoms with van der Waals surface area (Å²) in [7, 11) is -0.542. The van der Waals surface area contributed by atoms with Crippen molar-refractivity contribution in [1.29, 1.82) is 0 Å². The molecule has 110 valence electrons. The molecule has 0 heterocycles. The van der Waals surface area contributed by atoms with Crippen LogP contribution in [0.2, 0.25) is 0 Å². The molecule has 20 heavy (non-hydrogen) atoms. The second-order valence-electron chi connectivity index (χ2n) is 3.62. The van der Waals surface area contributed by atoms with Crippen LogP contribution < -0.4 is 0 Å². The zero-order valence-corrected chi connectivity index (χ0v) is 15.1. The molecule has 9 heteroatoms. The van der Waals surface area contributed by atoms with Gasteiger partial charge in [0.2, 0.25) is 0 Å². The van der Waals surface area contributed by atoms with Gasteiger partial charge < -0.3 is 6.92 Å². The fourth-order valence-corrected chi connectivity index (χ4v) is 2.38. The maximum absolute atomic E-state index is 12.5. The summed E-state index contributed by atoms with van der Waals surface area (Å²) < 4.78 is 60.4. The van der Waals surface area contributed by atoms with Crippen molar-refractivity contribution in [3.05, 3.63) is 42.8 Å². The van der Waals surface area contributed by atoms with Gasteiger partial charge in [-0.3, -0.25) is 0 Å². The minimum absolute atomic E-state index is 0.0716. The van der Waals surface area contributed by atoms with E-state index in [2.05, 4.69) is 6.92 Å². The summed E-state index contributed by atoms with van der Waals surface area (Å²) in [6, 6.07) is 8.12. The Hall–Kier alpha value is -0.167. The molecule has 0 aliphatic rings. The molecule has 1 aromatic carbocycles. The average molecular weight is 381 g/mol. The predicted molar refractivity (Wildman–Crippen MR) is 67.7 cm³/mol. The van der Waals surface area contributed by atoms with E-state index in [9.17, 15) is 21.6 Å². The quantitative estimate of drug-likeness (QED) is 0.580. The molecular formula is C11H13ClF3NO2SZn. The molecule has 0 saturated carbocycles. The van der Waals surface area contributed by atoms with Crippen LogP contribution in [0, 0.1) is 6.92 Å². The summed E-state index contributed by atoms with van der Waals surface area (Å²) in [6.45, 7) is 2.81. The Morgan fingerprint density at radius 1 is 1.20 bits per heavy atom. The summed E-state index contributed by atoms with van der Waals surface area (Å²) in [6.07, 6.45) is 0.0716. The third-order valence-corrected chi connectivity index (χ3v) is 3.82. The van der Waals surface area contributed by atoms with Gasteiger partial charge in [-0.05, 0) is 12.1 Å². The Morgan fingerprint density at radius 3 is 2.10 bits per heavy atom. The van der Waals surface area contributed by atoms with Gasteiger partial charge >= 0.3 is 42.5 Å². The molecule has 0 spiro atoms. The molecule has 0 N–H and O–H groups in total. The first-order valence-corrected chi connectivity index (χ1v) is 10.8. The summed E-state index contributed by atoms with van der Waals surface area (Å²) in [4.78, 5) is 0. The number of hydrogen-bond donors (Lipinski definition) is 0. The third-order valence-electron chi connectivity index (χ3n) is 2.24. The molecule has 0 unspecified atom stereocenters. The van der Waals surface area contributed by atoms with E-state index in [0.29, 0.717) is 9.87 Å². The van der Waals surface area contributed by atoms with Crippen LogP contribution in [0.5, 0.6) is 0 Å². The van der Waals surface area contributed by atoms with Gasteiger partial charge in [-0.25, -0.2) is 8.42 Å². The molecule has 0 amide bonds. The van der Waals surface area contributed by atoms with Gasteiger partial charge in [-0.15, -0.1) is 0 Å². The van der Waals surface area contributed by atoms with Gasteiger partial charge in [-0.1, -0.05) is 30.3 Å². The second kappa shape index (κ2) is 8.97. The molecule has 0 saturated heterocycles. The topological polar surface area (TPSA) is 37.4 Å². The van der Waals surface area contributed by atoms with Crippen LogP contribution in [-0.2, 0) is 33.9 Å². The van der Waals surface area contributed by atoms with E-state index < -0.39 is 15.5 Å². The number of nitrogens with zero attached hydrogens (tertiary/aromatic N) is 1. The van der Waals surface area contributed by atoms with Gasteiger partial charge in [0.1, 0.15) is 0 Å². The van der Waals surface area contributed by atoms with Gasteiger partial charge in [-0.2, -0.15) is 23.9 Å². The Bertz CT molecular complexity index is 482. The first-order valence-electron chi connectivity index (χ1n) is 5.45. The number of halogens is 4. The average Bonchev–Trinajstić information content (AvgIpc) is 2.40. The number of benzene rings is 1. The van der Waals surface area contributed by atoms with E-state index in [1.165, 1.54) is 0 Å². The van der Waals surface area contributed by atoms with Crippen molar-refractivity contribution in [2.45, 2.75) is 18.5 Å². The first-order chi connectivity index (χ1) is 9.29. The van der Waals surface area contributed by atoms with Crippen molar-refractivity contribution in [3.63, 3.8) is 0 Å². The predicted octanol–water partition coefficient (Wildman–Crippen LogP) is 3.25. The zero-order valence-electron chi connectivity index (χ0n) is 10.6. The molecular weight excluding hydrogens is 368 g/mol. The van der Waals surface area contributed by atoms with Crippen LogP contribution in [0.25, 0.3) is 0 Å². The third kappa shape index (κ3) is 5.68. The van der Waals surface area contributed by atoms with E-state index in [1.54, 1.807) is 30.3 Å². The summed E-state index contributed by atoms with van der Waals surface area (Å²) in [5, 5.41) is 0. The van der Waals surface area contributed by atoms with Crippen molar-refractivity contribution >= 4 is 19.7 Å². The van der Waals surface area contributed by atoms with Crippen molar-refractivity contribution in [3.8, 4) is 0 Å². The van der Waals surface area contributed by atoms with E-state index in [1.807, 2.05) is 0 Å². The van der Waals surface area contributed by atoms with Crippen molar-refractivity contribution < 1.29 is 38.9 Å². The van der Waals surface area contributed by atoms with Crippen molar-refractivity contribution in [1.82, 2.24) is 4.31 Å². The number of sulfonamides is 1. The Labute approximate surface area is 130 Å². The van der Waals surface area contributed by atoms with Gasteiger partial charge in [0.05, 0.1) is 0 Å². The fraction of sp³-hybridized carbons (Fsp3) is 0.364. The molecule has 0 atom stereocenters. The molecule has 0 bridgehead atoms. The van der Waals surface area contributed by atoms with Crippen LogP contribution in [-0.4, -0.2) is 24.8 Å². The molecule has 1 aromatic rings. The molecule has 0 radical (unpaired) electrons. The first kappa shape index (κ1) is 19.8. The van der Waals surface area contributed by atoms with Crippen molar-refractivity contribution in [2.24, 2.45) is 0 Å². The fourth-order valence-electron chi connectivity index (χ4n) is 1.39. The Morgan fingerprint density at radius 2 is 1.70 bits per heavy atom. The normalized spacial score (nSPS) is 12.0. The Kier molecular flexibility index (Phi) is 8.90. The molecule has 0 aliphatic heterocycles. The van der Waals surface area contributed by atoms with Crippen LogP contribution >= 0.6 is 9.69 Å².